The summed E-state index contributed by atoms with van der Waals surface area (Å²) >= 11 is 3.38. The topological polar surface area (TPSA) is 56.1 Å². The monoisotopic (exact) mass is 449 g/mol. The molecule has 3 rings (SSSR count). The molecule has 0 fully saturated rings. The zero-order valence-electron chi connectivity index (χ0n) is 17.3. The first-order valence-corrected chi connectivity index (χ1v) is 10.2. The number of likely N-dealkylation sites (N-methyl/N-ethyl adjacent to an activating group) is 1. The van der Waals surface area contributed by atoms with Gasteiger partial charge in [-0.25, -0.2) is 0 Å². The van der Waals surface area contributed by atoms with Gasteiger partial charge in [-0.1, -0.05) is 28.1 Å². The van der Waals surface area contributed by atoms with Crippen LogP contribution in [0, 0.1) is 18.3 Å². The highest BCUT2D eigenvalue weighted by molar-refractivity contribution is 9.10. The zero-order chi connectivity index (χ0) is 21.3. The van der Waals surface area contributed by atoms with Crippen molar-refractivity contribution >= 4 is 44.9 Å². The highest BCUT2D eigenvalue weighted by atomic mass is 79.9. The summed E-state index contributed by atoms with van der Waals surface area (Å²) in [6.07, 6.45) is 3.90. The lowest BCUT2D eigenvalue weighted by Crippen LogP contribution is -2.42. The Labute approximate surface area is 180 Å². The summed E-state index contributed by atoms with van der Waals surface area (Å²) in [5, 5.41) is 12.4. The second kappa shape index (κ2) is 7.88. The predicted octanol–water partition coefficient (Wildman–Crippen LogP) is 5.93. The first kappa shape index (κ1) is 20.9. The van der Waals surface area contributed by atoms with Gasteiger partial charge < -0.3 is 10.2 Å². The number of carbonyl (C=O) groups is 1. The molecule has 0 unspecified atom stereocenters. The van der Waals surface area contributed by atoms with Crippen LogP contribution in [0.25, 0.3) is 11.6 Å². The molecule has 4 nitrogen and oxygen atoms in total. The molecule has 0 saturated carbocycles. The Bertz CT molecular complexity index is 1090. The second-order valence-electron chi connectivity index (χ2n) is 7.90. The summed E-state index contributed by atoms with van der Waals surface area (Å²) < 4.78 is 0.859. The van der Waals surface area contributed by atoms with Crippen LogP contribution in [0.5, 0.6) is 0 Å². The number of nitriles is 1. The van der Waals surface area contributed by atoms with Crippen molar-refractivity contribution in [1.29, 1.82) is 5.26 Å². The maximum atomic E-state index is 12.6. The van der Waals surface area contributed by atoms with Gasteiger partial charge in [-0.05, 0) is 80.8 Å². The third-order valence-electron chi connectivity index (χ3n) is 5.35. The molecule has 1 aliphatic rings. The van der Waals surface area contributed by atoms with Crippen molar-refractivity contribution in [3.8, 4) is 6.07 Å². The third-order valence-corrected chi connectivity index (χ3v) is 5.85. The first-order chi connectivity index (χ1) is 13.6. The van der Waals surface area contributed by atoms with Crippen molar-refractivity contribution in [1.82, 2.24) is 0 Å². The lowest BCUT2D eigenvalue weighted by Gasteiger charge is -2.41. The van der Waals surface area contributed by atoms with E-state index in [1.165, 1.54) is 5.57 Å². The van der Waals surface area contributed by atoms with E-state index in [0.717, 1.165) is 26.9 Å². The van der Waals surface area contributed by atoms with Crippen molar-refractivity contribution in [3.05, 3.63) is 69.2 Å². The molecule has 0 atom stereocenters. The summed E-state index contributed by atoms with van der Waals surface area (Å²) in [5.41, 5.74) is 5.98. The number of nitrogens with zero attached hydrogens (tertiary/aromatic N) is 2. The Morgan fingerprint density at radius 2 is 1.97 bits per heavy atom. The van der Waals surface area contributed by atoms with Gasteiger partial charge in [0.2, 0.25) is 0 Å². The minimum absolute atomic E-state index is 0.0669. The number of hydrogen-bond donors (Lipinski definition) is 1. The highest BCUT2D eigenvalue weighted by Crippen LogP contribution is 2.39. The first-order valence-electron chi connectivity index (χ1n) is 9.39. The largest absolute Gasteiger partial charge is 0.365 e. The number of halogens is 1. The Hall–Kier alpha value is -2.84. The average Bonchev–Trinajstić information content (AvgIpc) is 2.64. The molecule has 1 heterocycles. The summed E-state index contributed by atoms with van der Waals surface area (Å²) in [6, 6.07) is 13.5. The van der Waals surface area contributed by atoms with Crippen LogP contribution in [-0.4, -0.2) is 18.5 Å². The lowest BCUT2D eigenvalue weighted by atomic mass is 9.87. The van der Waals surface area contributed by atoms with E-state index in [2.05, 4.69) is 72.2 Å². The molecule has 0 bridgehead atoms. The number of nitrogens with one attached hydrogen (secondary N) is 1. The van der Waals surface area contributed by atoms with Crippen LogP contribution in [0.2, 0.25) is 0 Å². The van der Waals surface area contributed by atoms with E-state index in [4.69, 9.17) is 0 Å². The molecule has 5 heteroatoms. The fraction of sp³-hybridized carbons (Fsp3) is 0.250. The second-order valence-corrected chi connectivity index (χ2v) is 8.82. The molecule has 1 amide bonds. The fourth-order valence-electron chi connectivity index (χ4n) is 3.54. The SMILES string of the molecule is CC1=CC(C)(C)N(C)c2cc(C)c(/C=C(/C#N)C(=O)Nc3cccc(Br)c3)cc21. The number of amides is 1. The molecule has 2 aromatic rings. The number of carbonyl (C=O) groups excluding carboxylic acids is 1. The zero-order valence-corrected chi connectivity index (χ0v) is 18.9. The molecule has 0 aliphatic carbocycles. The van der Waals surface area contributed by atoms with Crippen LogP contribution in [0.15, 0.2) is 52.5 Å². The van der Waals surface area contributed by atoms with E-state index in [1.807, 2.05) is 25.1 Å². The molecular weight excluding hydrogens is 426 g/mol. The standard InChI is InChI=1S/C24H24BrN3O/c1-15-9-22-21(16(2)13-24(3,4)28(22)5)11-17(15)10-18(14-26)23(29)27-20-8-6-7-19(25)12-20/h6-13H,1-5H3,(H,27,29)/b18-10-. The van der Waals surface area contributed by atoms with Crippen molar-refractivity contribution < 1.29 is 4.79 Å². The van der Waals surface area contributed by atoms with Gasteiger partial charge in [0.05, 0.1) is 5.54 Å². The summed E-state index contributed by atoms with van der Waals surface area (Å²) in [6.45, 7) is 8.47. The van der Waals surface area contributed by atoms with Crippen molar-refractivity contribution in [2.45, 2.75) is 33.2 Å². The van der Waals surface area contributed by atoms with Crippen LogP contribution in [-0.2, 0) is 4.79 Å². The molecule has 0 saturated heterocycles. The van der Waals surface area contributed by atoms with E-state index in [9.17, 15) is 10.1 Å². The van der Waals surface area contributed by atoms with Crippen LogP contribution in [0.3, 0.4) is 0 Å². The van der Waals surface area contributed by atoms with E-state index >= 15 is 0 Å². The number of anilines is 2. The number of fused-ring (bicyclic) bond motifs is 1. The predicted molar refractivity (Wildman–Crippen MR) is 124 cm³/mol. The molecule has 1 N–H and O–H groups in total. The summed E-state index contributed by atoms with van der Waals surface area (Å²) in [7, 11) is 2.09. The molecule has 1 aliphatic heterocycles. The molecule has 0 radical (unpaired) electrons. The van der Waals surface area contributed by atoms with E-state index in [0.29, 0.717) is 5.69 Å². The molecule has 29 heavy (non-hydrogen) atoms. The maximum absolute atomic E-state index is 12.6. The van der Waals surface area contributed by atoms with Gasteiger partial charge in [0.15, 0.2) is 0 Å². The molecule has 148 valence electrons. The minimum Gasteiger partial charge on any atom is -0.365 e. The molecule has 0 spiro atoms. The Kier molecular flexibility index (Phi) is 5.68. The van der Waals surface area contributed by atoms with Gasteiger partial charge in [0, 0.05) is 28.5 Å². The van der Waals surface area contributed by atoms with E-state index in [-0.39, 0.29) is 11.1 Å². The highest BCUT2D eigenvalue weighted by Gasteiger charge is 2.28. The van der Waals surface area contributed by atoms with Crippen molar-refractivity contribution in [3.63, 3.8) is 0 Å². The van der Waals surface area contributed by atoms with Gasteiger partial charge in [0.1, 0.15) is 11.6 Å². The molecule has 2 aromatic carbocycles. The minimum atomic E-state index is -0.423. The molecular formula is C24H24BrN3O. The van der Waals surface area contributed by atoms with Gasteiger partial charge in [-0.3, -0.25) is 4.79 Å². The van der Waals surface area contributed by atoms with Crippen LogP contribution in [0.1, 0.15) is 37.5 Å². The summed E-state index contributed by atoms with van der Waals surface area (Å²) in [4.78, 5) is 14.9. The Balaban J connectivity index is 1.98. The lowest BCUT2D eigenvalue weighted by molar-refractivity contribution is -0.112. The van der Waals surface area contributed by atoms with E-state index < -0.39 is 5.91 Å². The smallest absolute Gasteiger partial charge is 0.266 e. The Morgan fingerprint density at radius 1 is 1.24 bits per heavy atom. The maximum Gasteiger partial charge on any atom is 0.266 e. The third kappa shape index (κ3) is 4.28. The fourth-order valence-corrected chi connectivity index (χ4v) is 3.94. The molecule has 0 aromatic heterocycles. The van der Waals surface area contributed by atoms with Gasteiger partial charge >= 0.3 is 0 Å². The summed E-state index contributed by atoms with van der Waals surface area (Å²) in [5.74, 6) is -0.423. The Morgan fingerprint density at radius 3 is 2.62 bits per heavy atom. The van der Waals surface area contributed by atoms with Crippen molar-refractivity contribution in [2.75, 3.05) is 17.3 Å². The van der Waals surface area contributed by atoms with Gasteiger partial charge in [0.25, 0.3) is 5.91 Å². The van der Waals surface area contributed by atoms with Gasteiger partial charge in [-0.15, -0.1) is 0 Å². The number of rotatable bonds is 3. The number of aryl methyl sites for hydroxylation is 1. The van der Waals surface area contributed by atoms with Crippen LogP contribution < -0.4 is 10.2 Å². The van der Waals surface area contributed by atoms with Gasteiger partial charge in [-0.2, -0.15) is 5.26 Å². The quantitative estimate of drug-likeness (QED) is 0.466. The normalized spacial score (nSPS) is 15.3. The van der Waals surface area contributed by atoms with E-state index in [1.54, 1.807) is 18.2 Å². The number of benzene rings is 2. The average molecular weight is 450 g/mol. The number of allylic oxidation sites excluding steroid dienone is 1. The van der Waals surface area contributed by atoms with Crippen molar-refractivity contribution in [2.24, 2.45) is 0 Å². The van der Waals surface area contributed by atoms with Crippen LogP contribution in [0.4, 0.5) is 11.4 Å². The van der Waals surface area contributed by atoms with Crippen LogP contribution >= 0.6 is 15.9 Å². The number of hydrogen-bond acceptors (Lipinski definition) is 3.